The zero-order valence-corrected chi connectivity index (χ0v) is 11.8. The third-order valence-electron chi connectivity index (χ3n) is 3.68. The second kappa shape index (κ2) is 5.87. The lowest BCUT2D eigenvalue weighted by Gasteiger charge is -2.36. The first-order valence-electron chi connectivity index (χ1n) is 6.69. The summed E-state index contributed by atoms with van der Waals surface area (Å²) in [7, 11) is 1.97. The van der Waals surface area contributed by atoms with Crippen molar-refractivity contribution >= 4 is 0 Å². The molecule has 1 saturated heterocycles. The highest BCUT2D eigenvalue weighted by Crippen LogP contribution is 2.27. The van der Waals surface area contributed by atoms with Gasteiger partial charge in [0, 0.05) is 31.2 Å². The normalized spacial score (nSPS) is 23.2. The Morgan fingerprint density at radius 3 is 2.89 bits per heavy atom. The molecule has 0 saturated carbocycles. The number of likely N-dealkylation sites (N-methyl/N-ethyl adjacent to an activating group) is 1. The molecule has 4 heteroatoms. The molecule has 1 N–H and O–H groups in total. The van der Waals surface area contributed by atoms with E-state index in [0.29, 0.717) is 12.1 Å². The summed E-state index contributed by atoms with van der Waals surface area (Å²) < 4.78 is 11.4. The number of nitrogens with one attached hydrogen (secondary N) is 1. The Morgan fingerprint density at radius 2 is 2.28 bits per heavy atom. The molecule has 0 amide bonds. The van der Waals surface area contributed by atoms with Crippen LogP contribution < -0.4 is 5.32 Å². The van der Waals surface area contributed by atoms with Crippen LogP contribution in [0.4, 0.5) is 0 Å². The lowest BCUT2D eigenvalue weighted by Crippen LogP contribution is -2.46. The summed E-state index contributed by atoms with van der Waals surface area (Å²) >= 11 is 0. The molecule has 0 radical (unpaired) electrons. The summed E-state index contributed by atoms with van der Waals surface area (Å²) in [5.41, 5.74) is 1.30. The van der Waals surface area contributed by atoms with Crippen molar-refractivity contribution < 1.29 is 9.15 Å². The second-order valence-corrected chi connectivity index (χ2v) is 5.09. The van der Waals surface area contributed by atoms with E-state index in [0.717, 1.165) is 37.8 Å². The lowest BCUT2D eigenvalue weighted by molar-refractivity contribution is -0.0394. The molecule has 0 aromatic carbocycles. The van der Waals surface area contributed by atoms with Gasteiger partial charge in [-0.25, -0.2) is 0 Å². The Hall–Kier alpha value is -0.840. The van der Waals surface area contributed by atoms with Crippen molar-refractivity contribution in [1.82, 2.24) is 10.2 Å². The van der Waals surface area contributed by atoms with Crippen LogP contribution in [0.1, 0.15) is 30.0 Å². The van der Waals surface area contributed by atoms with Crippen LogP contribution in [0.2, 0.25) is 0 Å². The third kappa shape index (κ3) is 2.94. The van der Waals surface area contributed by atoms with Crippen molar-refractivity contribution in [3.8, 4) is 0 Å². The van der Waals surface area contributed by atoms with Gasteiger partial charge in [0.1, 0.15) is 11.5 Å². The Labute approximate surface area is 109 Å². The fraction of sp³-hybridized carbons (Fsp3) is 0.714. The van der Waals surface area contributed by atoms with Gasteiger partial charge >= 0.3 is 0 Å². The molecule has 1 fully saturated rings. The molecule has 1 aromatic rings. The molecule has 102 valence electrons. The van der Waals surface area contributed by atoms with Crippen LogP contribution in [0.5, 0.6) is 0 Å². The van der Waals surface area contributed by atoms with Gasteiger partial charge in [0.2, 0.25) is 0 Å². The molecule has 18 heavy (non-hydrogen) atoms. The van der Waals surface area contributed by atoms with Gasteiger partial charge in [-0.3, -0.25) is 4.90 Å². The van der Waals surface area contributed by atoms with Gasteiger partial charge in [-0.05, 0) is 33.9 Å². The van der Waals surface area contributed by atoms with E-state index in [1.54, 1.807) is 0 Å². The standard InChI is InChI=1S/C14H24N2O2/c1-10-7-14(12(3)18-10)11(2)16-5-6-17-13(9-16)8-15-4/h7,11,13,15H,5-6,8-9H2,1-4H3. The molecular formula is C14H24N2O2. The van der Waals surface area contributed by atoms with Crippen molar-refractivity contribution in [1.29, 1.82) is 0 Å². The van der Waals surface area contributed by atoms with E-state index < -0.39 is 0 Å². The molecule has 2 atom stereocenters. The first kappa shape index (κ1) is 13.6. The lowest BCUT2D eigenvalue weighted by atomic mass is 10.1. The highest BCUT2D eigenvalue weighted by molar-refractivity contribution is 5.23. The Kier molecular flexibility index (Phi) is 4.43. The molecule has 0 spiro atoms. The monoisotopic (exact) mass is 252 g/mol. The zero-order chi connectivity index (χ0) is 13.1. The number of ether oxygens (including phenoxy) is 1. The van der Waals surface area contributed by atoms with Crippen LogP contribution in [0.15, 0.2) is 10.5 Å². The Balaban J connectivity index is 2.04. The van der Waals surface area contributed by atoms with Crippen LogP contribution >= 0.6 is 0 Å². The predicted octanol–water partition coefficient (Wildman–Crippen LogP) is 1.88. The van der Waals surface area contributed by atoms with Gasteiger partial charge in [0.25, 0.3) is 0 Å². The van der Waals surface area contributed by atoms with E-state index in [1.165, 1.54) is 5.56 Å². The maximum atomic E-state index is 5.74. The van der Waals surface area contributed by atoms with E-state index in [1.807, 2.05) is 20.9 Å². The average Bonchev–Trinajstić information content (AvgIpc) is 2.68. The molecule has 2 unspecified atom stereocenters. The van der Waals surface area contributed by atoms with Gasteiger partial charge in [-0.15, -0.1) is 0 Å². The van der Waals surface area contributed by atoms with E-state index in [9.17, 15) is 0 Å². The minimum atomic E-state index is 0.291. The quantitative estimate of drug-likeness (QED) is 0.888. The first-order valence-corrected chi connectivity index (χ1v) is 6.69. The maximum Gasteiger partial charge on any atom is 0.105 e. The smallest absolute Gasteiger partial charge is 0.105 e. The van der Waals surface area contributed by atoms with Crippen LogP contribution in [0.25, 0.3) is 0 Å². The molecule has 1 aliphatic heterocycles. The van der Waals surface area contributed by atoms with Gasteiger partial charge < -0.3 is 14.5 Å². The Bertz CT molecular complexity index is 387. The molecule has 1 aromatic heterocycles. The number of hydrogen-bond acceptors (Lipinski definition) is 4. The van der Waals surface area contributed by atoms with Crippen LogP contribution in [-0.4, -0.2) is 44.3 Å². The van der Waals surface area contributed by atoms with Gasteiger partial charge in [0.05, 0.1) is 12.7 Å². The summed E-state index contributed by atoms with van der Waals surface area (Å²) in [6, 6.07) is 2.55. The number of hydrogen-bond donors (Lipinski definition) is 1. The van der Waals surface area contributed by atoms with E-state index in [-0.39, 0.29) is 0 Å². The minimum absolute atomic E-state index is 0.291. The number of furan rings is 1. The van der Waals surface area contributed by atoms with Crippen molar-refractivity contribution in [3.63, 3.8) is 0 Å². The fourth-order valence-corrected chi connectivity index (χ4v) is 2.71. The van der Waals surface area contributed by atoms with E-state index in [2.05, 4.69) is 23.2 Å². The minimum Gasteiger partial charge on any atom is -0.466 e. The SMILES string of the molecule is CNCC1CN(C(C)c2cc(C)oc2C)CCO1. The number of rotatable bonds is 4. The van der Waals surface area contributed by atoms with Gasteiger partial charge in [-0.1, -0.05) is 0 Å². The summed E-state index contributed by atoms with van der Waals surface area (Å²) in [6.07, 6.45) is 0.291. The van der Waals surface area contributed by atoms with Crippen LogP contribution in [0, 0.1) is 13.8 Å². The third-order valence-corrected chi connectivity index (χ3v) is 3.68. The number of morpholine rings is 1. The summed E-state index contributed by atoms with van der Waals surface area (Å²) in [5, 5.41) is 3.18. The molecule has 2 heterocycles. The van der Waals surface area contributed by atoms with Crippen LogP contribution in [0.3, 0.4) is 0 Å². The van der Waals surface area contributed by atoms with Crippen LogP contribution in [-0.2, 0) is 4.74 Å². The average molecular weight is 252 g/mol. The van der Waals surface area contributed by atoms with Crippen molar-refractivity contribution in [2.45, 2.75) is 32.9 Å². The number of nitrogens with zero attached hydrogens (tertiary/aromatic N) is 1. The molecule has 0 bridgehead atoms. The molecular weight excluding hydrogens is 228 g/mol. The molecule has 0 aliphatic carbocycles. The summed E-state index contributed by atoms with van der Waals surface area (Å²) in [5.74, 6) is 2.03. The highest BCUT2D eigenvalue weighted by Gasteiger charge is 2.26. The second-order valence-electron chi connectivity index (χ2n) is 5.09. The number of aryl methyl sites for hydroxylation is 2. The van der Waals surface area contributed by atoms with E-state index >= 15 is 0 Å². The molecule has 1 aliphatic rings. The maximum absolute atomic E-state index is 5.74. The predicted molar refractivity (Wildman–Crippen MR) is 71.8 cm³/mol. The van der Waals surface area contributed by atoms with Crippen molar-refractivity contribution in [2.24, 2.45) is 0 Å². The highest BCUT2D eigenvalue weighted by atomic mass is 16.5. The van der Waals surface area contributed by atoms with Gasteiger partial charge in [-0.2, -0.15) is 0 Å². The van der Waals surface area contributed by atoms with E-state index in [4.69, 9.17) is 9.15 Å². The van der Waals surface area contributed by atoms with Gasteiger partial charge in [0.15, 0.2) is 0 Å². The summed E-state index contributed by atoms with van der Waals surface area (Å²) in [4.78, 5) is 2.48. The van der Waals surface area contributed by atoms with Crippen molar-refractivity contribution in [2.75, 3.05) is 33.3 Å². The fourth-order valence-electron chi connectivity index (χ4n) is 2.71. The molecule has 2 rings (SSSR count). The molecule has 4 nitrogen and oxygen atoms in total. The largest absolute Gasteiger partial charge is 0.466 e. The zero-order valence-electron chi connectivity index (χ0n) is 11.8. The Morgan fingerprint density at radius 1 is 1.50 bits per heavy atom. The first-order chi connectivity index (χ1) is 8.61. The summed E-state index contributed by atoms with van der Waals surface area (Å²) in [6.45, 7) is 9.99. The topological polar surface area (TPSA) is 37.6 Å². The van der Waals surface area contributed by atoms with Crippen molar-refractivity contribution in [3.05, 3.63) is 23.2 Å².